The van der Waals surface area contributed by atoms with E-state index in [1.165, 1.54) is 0 Å². The van der Waals surface area contributed by atoms with Gasteiger partial charge in [-0.25, -0.2) is 9.78 Å². The van der Waals surface area contributed by atoms with Crippen LogP contribution in [-0.2, 0) is 16.0 Å². The number of amides is 2. The molecule has 0 radical (unpaired) electrons. The van der Waals surface area contributed by atoms with Crippen molar-refractivity contribution in [3.05, 3.63) is 36.3 Å². The summed E-state index contributed by atoms with van der Waals surface area (Å²) < 4.78 is 13.5. The molecule has 1 atom stereocenters. The lowest BCUT2D eigenvalue weighted by Crippen LogP contribution is -2.51. The number of imidazole rings is 1. The number of hydrogen-bond donors (Lipinski definition) is 1. The van der Waals surface area contributed by atoms with E-state index >= 15 is 0 Å². The van der Waals surface area contributed by atoms with E-state index < -0.39 is 5.79 Å². The number of nitrogens with zero attached hydrogens (tertiary/aromatic N) is 3. The average molecular weight is 344 g/mol. The molecule has 1 N–H and O–H groups in total. The molecule has 2 amide bonds. The maximum absolute atomic E-state index is 12.6. The molecule has 0 bridgehead atoms. The smallest absolute Gasteiger partial charge is 0.317 e. The van der Waals surface area contributed by atoms with Crippen molar-refractivity contribution in [2.24, 2.45) is 5.92 Å². The first-order valence-corrected chi connectivity index (χ1v) is 8.86. The third-order valence-electron chi connectivity index (χ3n) is 5.22. The monoisotopic (exact) mass is 344 g/mol. The molecule has 134 valence electrons. The largest absolute Gasteiger partial charge is 0.347 e. The van der Waals surface area contributed by atoms with Gasteiger partial charge in [-0.3, -0.25) is 0 Å². The Morgan fingerprint density at radius 3 is 3.08 bits per heavy atom. The zero-order valence-electron chi connectivity index (χ0n) is 14.5. The Morgan fingerprint density at radius 1 is 1.40 bits per heavy atom. The molecule has 0 unspecified atom stereocenters. The topological polar surface area (TPSA) is 68.1 Å². The molecule has 4 rings (SSSR count). The minimum absolute atomic E-state index is 0.0329. The number of rotatable bonds is 3. The van der Waals surface area contributed by atoms with Crippen molar-refractivity contribution >= 4 is 11.7 Å². The lowest BCUT2D eigenvalue weighted by Gasteiger charge is -2.39. The number of carbonyl (C=O) groups is 1. The highest BCUT2D eigenvalue weighted by atomic mass is 16.7. The Balaban J connectivity index is 1.35. The fourth-order valence-electron chi connectivity index (χ4n) is 3.71. The van der Waals surface area contributed by atoms with Crippen LogP contribution in [0.2, 0.25) is 0 Å². The zero-order valence-corrected chi connectivity index (χ0v) is 14.5. The molecular formula is C18H24N4O3. The number of nitrogens with one attached hydrogen (secondary N) is 1. The summed E-state index contributed by atoms with van der Waals surface area (Å²) in [6, 6.07) is 3.95. The van der Waals surface area contributed by atoms with Crippen LogP contribution < -0.4 is 5.32 Å². The minimum Gasteiger partial charge on any atom is -0.347 e. The maximum Gasteiger partial charge on any atom is 0.317 e. The van der Waals surface area contributed by atoms with Crippen LogP contribution in [0.25, 0.3) is 5.65 Å². The lowest BCUT2D eigenvalue weighted by atomic mass is 9.90. The van der Waals surface area contributed by atoms with Gasteiger partial charge in [0.05, 0.1) is 13.2 Å². The number of pyridine rings is 1. The van der Waals surface area contributed by atoms with Gasteiger partial charge in [-0.15, -0.1) is 0 Å². The number of aromatic nitrogens is 2. The molecule has 2 aromatic rings. The maximum atomic E-state index is 12.6. The molecule has 2 aliphatic rings. The second kappa shape index (κ2) is 6.65. The fraction of sp³-hybridized carbons (Fsp3) is 0.556. The Kier molecular flexibility index (Phi) is 4.35. The third kappa shape index (κ3) is 3.34. The van der Waals surface area contributed by atoms with Gasteiger partial charge in [0, 0.05) is 44.1 Å². The lowest BCUT2D eigenvalue weighted by molar-refractivity contribution is -0.189. The van der Waals surface area contributed by atoms with Gasteiger partial charge in [0.1, 0.15) is 5.65 Å². The minimum atomic E-state index is -0.551. The zero-order chi connectivity index (χ0) is 17.3. The van der Waals surface area contributed by atoms with E-state index in [0.29, 0.717) is 26.3 Å². The van der Waals surface area contributed by atoms with E-state index in [2.05, 4.69) is 10.3 Å². The van der Waals surface area contributed by atoms with Crippen LogP contribution in [0.4, 0.5) is 4.79 Å². The molecular weight excluding hydrogens is 320 g/mol. The van der Waals surface area contributed by atoms with Gasteiger partial charge in [0.25, 0.3) is 0 Å². The van der Waals surface area contributed by atoms with Crippen LogP contribution in [0, 0.1) is 5.92 Å². The number of carbonyl (C=O) groups excluding carboxylic acids is 1. The van der Waals surface area contributed by atoms with Gasteiger partial charge < -0.3 is 24.1 Å². The molecule has 2 aromatic heterocycles. The van der Waals surface area contributed by atoms with Crippen molar-refractivity contribution in [1.29, 1.82) is 0 Å². The van der Waals surface area contributed by atoms with E-state index in [1.807, 2.05) is 40.8 Å². The predicted molar refractivity (Wildman–Crippen MR) is 92.0 cm³/mol. The van der Waals surface area contributed by atoms with Gasteiger partial charge >= 0.3 is 6.03 Å². The summed E-state index contributed by atoms with van der Waals surface area (Å²) in [5, 5.41) is 3.02. The number of urea groups is 1. The van der Waals surface area contributed by atoms with Crippen LogP contribution in [0.1, 0.15) is 25.3 Å². The number of likely N-dealkylation sites (tertiary alicyclic amines) is 1. The van der Waals surface area contributed by atoms with Crippen LogP contribution in [0.15, 0.2) is 30.7 Å². The summed E-state index contributed by atoms with van der Waals surface area (Å²) in [4.78, 5) is 18.7. The molecule has 2 fully saturated rings. The molecule has 0 spiro atoms. The van der Waals surface area contributed by atoms with Crippen LogP contribution in [0.5, 0.6) is 0 Å². The molecule has 0 aromatic carbocycles. The average Bonchev–Trinajstić information content (AvgIpc) is 3.29. The van der Waals surface area contributed by atoms with Gasteiger partial charge in [-0.05, 0) is 37.5 Å². The van der Waals surface area contributed by atoms with E-state index in [1.54, 1.807) is 6.20 Å². The first-order valence-electron chi connectivity index (χ1n) is 8.86. The highest BCUT2D eigenvalue weighted by Gasteiger charge is 2.42. The molecule has 25 heavy (non-hydrogen) atoms. The van der Waals surface area contributed by atoms with Crippen LogP contribution in [0.3, 0.4) is 0 Å². The van der Waals surface area contributed by atoms with Gasteiger partial charge in [0.2, 0.25) is 0 Å². The number of piperidine rings is 1. The van der Waals surface area contributed by atoms with E-state index in [9.17, 15) is 4.79 Å². The second-order valence-electron chi connectivity index (χ2n) is 6.88. The number of fused-ring (bicyclic) bond motifs is 1. The van der Waals surface area contributed by atoms with E-state index in [-0.39, 0.29) is 11.9 Å². The van der Waals surface area contributed by atoms with Crippen molar-refractivity contribution in [3.63, 3.8) is 0 Å². The molecule has 0 aliphatic carbocycles. The third-order valence-corrected chi connectivity index (χ3v) is 5.22. The van der Waals surface area contributed by atoms with Crippen molar-refractivity contribution in [3.8, 4) is 0 Å². The second-order valence-corrected chi connectivity index (χ2v) is 6.88. The highest BCUT2D eigenvalue weighted by molar-refractivity contribution is 5.74. The quantitative estimate of drug-likeness (QED) is 0.925. The van der Waals surface area contributed by atoms with Crippen LogP contribution >= 0.6 is 0 Å². The van der Waals surface area contributed by atoms with E-state index in [4.69, 9.17) is 9.47 Å². The summed E-state index contributed by atoms with van der Waals surface area (Å²) in [7, 11) is 0. The molecule has 2 aliphatic heterocycles. The Bertz CT molecular complexity index is 754. The molecule has 2 saturated heterocycles. The van der Waals surface area contributed by atoms with E-state index in [0.717, 1.165) is 30.6 Å². The van der Waals surface area contributed by atoms with Crippen molar-refractivity contribution in [2.45, 2.75) is 32.1 Å². The van der Waals surface area contributed by atoms with Crippen LogP contribution in [-0.4, -0.2) is 52.4 Å². The summed E-state index contributed by atoms with van der Waals surface area (Å²) >= 11 is 0. The first kappa shape index (κ1) is 16.4. The molecule has 0 saturated carbocycles. The van der Waals surface area contributed by atoms with Gasteiger partial charge in [-0.2, -0.15) is 0 Å². The standard InChI is InChI=1S/C18H24N4O3/c1-18(24-9-10-25-18)15-3-2-6-22(13-15)17(23)20-12-14-4-7-21-8-5-19-16(21)11-14/h4-5,7-8,11,15H,2-3,6,9-10,12-13H2,1H3,(H,20,23)/t15-/m0/s1. The highest BCUT2D eigenvalue weighted by Crippen LogP contribution is 2.34. The Labute approximate surface area is 146 Å². The Hall–Kier alpha value is -2.12. The van der Waals surface area contributed by atoms with Crippen molar-refractivity contribution in [2.75, 3.05) is 26.3 Å². The van der Waals surface area contributed by atoms with Crippen molar-refractivity contribution in [1.82, 2.24) is 19.6 Å². The summed E-state index contributed by atoms with van der Waals surface area (Å²) in [5.41, 5.74) is 1.92. The summed E-state index contributed by atoms with van der Waals surface area (Å²) in [6.07, 6.45) is 7.62. The number of hydrogen-bond acceptors (Lipinski definition) is 4. The number of ether oxygens (including phenoxy) is 2. The molecule has 4 heterocycles. The van der Waals surface area contributed by atoms with Crippen molar-refractivity contribution < 1.29 is 14.3 Å². The van der Waals surface area contributed by atoms with Gasteiger partial charge in [-0.1, -0.05) is 0 Å². The summed E-state index contributed by atoms with van der Waals surface area (Å²) in [5.74, 6) is -0.333. The molecule has 7 nitrogen and oxygen atoms in total. The predicted octanol–water partition coefficient (Wildman–Crippen LogP) is 2.02. The first-order chi connectivity index (χ1) is 12.1. The fourth-order valence-corrected chi connectivity index (χ4v) is 3.71. The van der Waals surface area contributed by atoms with Gasteiger partial charge in [0.15, 0.2) is 5.79 Å². The SMILES string of the molecule is CC1([C@H]2CCCN(C(=O)NCc3ccn4ccnc4c3)C2)OCCO1. The Morgan fingerprint density at radius 2 is 2.24 bits per heavy atom. The molecule has 7 heteroatoms. The normalized spacial score (nSPS) is 23.1. The summed E-state index contributed by atoms with van der Waals surface area (Å²) in [6.45, 7) is 5.20.